The molecular weight excluding hydrogens is 520 g/mol. The number of ether oxygens (including phenoxy) is 3. The minimum atomic E-state index is 0.198. The molecule has 0 atom stereocenters. The highest BCUT2D eigenvalue weighted by atomic mass is 79.9. The van der Waals surface area contributed by atoms with Crippen molar-refractivity contribution in [3.63, 3.8) is 0 Å². The number of nitrogens with zero attached hydrogens (tertiary/aromatic N) is 2. The average molecular weight is 543 g/mol. The van der Waals surface area contributed by atoms with Crippen LogP contribution < -0.4 is 14.2 Å². The molecule has 4 rings (SSSR count). The highest BCUT2D eigenvalue weighted by molar-refractivity contribution is 9.10. The van der Waals surface area contributed by atoms with E-state index in [9.17, 15) is 5.26 Å². The van der Waals surface area contributed by atoms with Crippen LogP contribution in [-0.4, -0.2) is 27.0 Å². The number of nitriles is 1. The number of benzene rings is 3. The number of halogens is 1. The van der Waals surface area contributed by atoms with Crippen molar-refractivity contribution in [2.75, 3.05) is 20.8 Å². The molecule has 0 spiro atoms. The number of aliphatic imine (C=N–C) groups is 1. The first-order valence-electron chi connectivity index (χ1n) is 11.0. The lowest BCUT2D eigenvalue weighted by Crippen LogP contribution is -1.96. The highest BCUT2D eigenvalue weighted by Gasteiger charge is 2.23. The van der Waals surface area contributed by atoms with Crippen LogP contribution in [0.3, 0.4) is 0 Å². The van der Waals surface area contributed by atoms with Crippen LogP contribution in [-0.2, 0) is 0 Å². The van der Waals surface area contributed by atoms with Crippen LogP contribution in [0.2, 0.25) is 0 Å². The summed E-state index contributed by atoms with van der Waals surface area (Å²) in [5.41, 5.74) is 3.29. The Hall–Kier alpha value is -4.28. The van der Waals surface area contributed by atoms with Gasteiger partial charge in [0.15, 0.2) is 0 Å². The zero-order chi connectivity index (χ0) is 25.5. The molecule has 0 saturated heterocycles. The van der Waals surface area contributed by atoms with Crippen molar-refractivity contribution in [2.45, 2.75) is 0 Å². The molecule has 0 aliphatic carbocycles. The standard InChI is InChI=1S/C29H23BrN2O4/c1-4-15-35-26-14-9-22(30)16-21(26)18-32-29-25(17-31)27(19-5-10-23(33-2)11-6-19)28(36-29)20-7-12-24(34-3)13-8-20/h4-14,16,18H,1,15H2,2-3H3/b32-18+. The van der Waals surface area contributed by atoms with Gasteiger partial charge >= 0.3 is 0 Å². The largest absolute Gasteiger partial charge is 0.497 e. The van der Waals surface area contributed by atoms with Gasteiger partial charge in [0.25, 0.3) is 0 Å². The molecule has 0 fully saturated rings. The number of methoxy groups -OCH3 is 2. The van der Waals surface area contributed by atoms with E-state index in [1.54, 1.807) is 26.5 Å². The summed E-state index contributed by atoms with van der Waals surface area (Å²) in [6.45, 7) is 4.05. The second-order valence-corrected chi connectivity index (χ2v) is 8.51. The summed E-state index contributed by atoms with van der Waals surface area (Å²) in [7, 11) is 3.22. The van der Waals surface area contributed by atoms with Gasteiger partial charge in [-0.15, -0.1) is 0 Å². The third-order valence-corrected chi connectivity index (χ3v) is 5.88. The Morgan fingerprint density at radius 2 is 1.61 bits per heavy atom. The van der Waals surface area contributed by atoms with Gasteiger partial charge in [0.05, 0.1) is 14.2 Å². The van der Waals surface area contributed by atoms with E-state index in [0.717, 1.165) is 26.9 Å². The molecule has 0 N–H and O–H groups in total. The smallest absolute Gasteiger partial charge is 0.238 e. The van der Waals surface area contributed by atoms with Gasteiger partial charge in [-0.1, -0.05) is 40.7 Å². The summed E-state index contributed by atoms with van der Waals surface area (Å²) in [4.78, 5) is 4.57. The van der Waals surface area contributed by atoms with Gasteiger partial charge in [0.2, 0.25) is 5.88 Å². The molecule has 0 aliphatic rings. The maximum absolute atomic E-state index is 10.1. The fourth-order valence-electron chi connectivity index (χ4n) is 3.62. The van der Waals surface area contributed by atoms with Gasteiger partial charge in [-0.2, -0.15) is 5.26 Å². The Bertz CT molecular complexity index is 1430. The summed E-state index contributed by atoms with van der Waals surface area (Å²) in [5.74, 6) is 2.80. The fraction of sp³-hybridized carbons (Fsp3) is 0.103. The molecule has 0 saturated carbocycles. The van der Waals surface area contributed by atoms with Gasteiger partial charge in [-0.05, 0) is 60.2 Å². The minimum Gasteiger partial charge on any atom is -0.497 e. The number of furan rings is 1. The van der Waals surface area contributed by atoms with Crippen molar-refractivity contribution >= 4 is 28.0 Å². The summed E-state index contributed by atoms with van der Waals surface area (Å²) >= 11 is 3.49. The topological polar surface area (TPSA) is 77.0 Å². The van der Waals surface area contributed by atoms with Crippen molar-refractivity contribution < 1.29 is 18.6 Å². The lowest BCUT2D eigenvalue weighted by molar-refractivity contribution is 0.362. The first kappa shape index (κ1) is 24.8. The molecule has 7 heteroatoms. The normalized spacial score (nSPS) is 10.7. The number of hydrogen-bond donors (Lipinski definition) is 0. The summed E-state index contributed by atoms with van der Waals surface area (Å²) < 4.78 is 23.4. The van der Waals surface area contributed by atoms with E-state index in [1.807, 2.05) is 66.7 Å². The Morgan fingerprint density at radius 1 is 0.972 bits per heavy atom. The Labute approximate surface area is 218 Å². The Morgan fingerprint density at radius 3 is 2.19 bits per heavy atom. The Balaban J connectivity index is 1.85. The molecule has 1 aromatic heterocycles. The van der Waals surface area contributed by atoms with Gasteiger partial charge in [-0.25, -0.2) is 4.99 Å². The maximum atomic E-state index is 10.1. The molecule has 0 radical (unpaired) electrons. The van der Waals surface area contributed by atoms with Gasteiger partial charge in [0, 0.05) is 27.4 Å². The summed E-state index contributed by atoms with van der Waals surface area (Å²) in [6, 6.07) is 22.8. The zero-order valence-corrected chi connectivity index (χ0v) is 21.4. The fourth-order valence-corrected chi connectivity index (χ4v) is 4.00. The molecule has 6 nitrogen and oxygen atoms in total. The third-order valence-electron chi connectivity index (χ3n) is 5.38. The van der Waals surface area contributed by atoms with Crippen LogP contribution in [0.15, 0.2) is 93.3 Å². The van der Waals surface area contributed by atoms with Gasteiger partial charge in [0.1, 0.15) is 41.2 Å². The first-order chi connectivity index (χ1) is 17.6. The number of hydrogen-bond acceptors (Lipinski definition) is 6. The number of rotatable bonds is 9. The summed E-state index contributed by atoms with van der Waals surface area (Å²) in [6.07, 6.45) is 3.30. The molecular formula is C29H23BrN2O4. The molecule has 0 amide bonds. The van der Waals surface area contributed by atoms with Crippen LogP contribution in [0.1, 0.15) is 11.1 Å². The predicted octanol–water partition coefficient (Wildman–Crippen LogP) is 7.58. The molecule has 0 aliphatic heterocycles. The van der Waals surface area contributed by atoms with E-state index >= 15 is 0 Å². The van der Waals surface area contributed by atoms with Crippen molar-refractivity contribution in [3.8, 4) is 45.8 Å². The van der Waals surface area contributed by atoms with E-state index in [2.05, 4.69) is 33.6 Å². The van der Waals surface area contributed by atoms with E-state index in [0.29, 0.717) is 35.0 Å². The van der Waals surface area contributed by atoms with Crippen LogP contribution in [0, 0.1) is 11.3 Å². The third kappa shape index (κ3) is 5.35. The van der Waals surface area contributed by atoms with E-state index < -0.39 is 0 Å². The van der Waals surface area contributed by atoms with E-state index in [-0.39, 0.29) is 5.88 Å². The lowest BCUT2D eigenvalue weighted by Gasteiger charge is -2.07. The summed E-state index contributed by atoms with van der Waals surface area (Å²) in [5, 5.41) is 10.1. The van der Waals surface area contributed by atoms with Crippen LogP contribution in [0.4, 0.5) is 5.88 Å². The van der Waals surface area contributed by atoms with Gasteiger partial charge < -0.3 is 18.6 Å². The van der Waals surface area contributed by atoms with Crippen molar-refractivity contribution in [3.05, 3.63) is 95.0 Å². The molecule has 1 heterocycles. The van der Waals surface area contributed by atoms with Crippen molar-refractivity contribution in [1.82, 2.24) is 0 Å². The monoisotopic (exact) mass is 542 g/mol. The van der Waals surface area contributed by atoms with Gasteiger partial charge in [-0.3, -0.25) is 0 Å². The van der Waals surface area contributed by atoms with E-state index in [1.165, 1.54) is 0 Å². The lowest BCUT2D eigenvalue weighted by atomic mass is 9.98. The predicted molar refractivity (Wildman–Crippen MR) is 144 cm³/mol. The van der Waals surface area contributed by atoms with Crippen LogP contribution >= 0.6 is 15.9 Å². The maximum Gasteiger partial charge on any atom is 0.238 e. The van der Waals surface area contributed by atoms with Crippen LogP contribution in [0.25, 0.3) is 22.5 Å². The second-order valence-electron chi connectivity index (χ2n) is 7.60. The molecule has 3 aromatic carbocycles. The molecule has 4 aromatic rings. The first-order valence-corrected chi connectivity index (χ1v) is 11.8. The minimum absolute atomic E-state index is 0.198. The van der Waals surface area contributed by atoms with Crippen molar-refractivity contribution in [1.29, 1.82) is 5.26 Å². The molecule has 180 valence electrons. The molecule has 0 bridgehead atoms. The average Bonchev–Trinajstić information content (AvgIpc) is 3.29. The van der Waals surface area contributed by atoms with Crippen LogP contribution in [0.5, 0.6) is 17.2 Å². The quantitative estimate of drug-likeness (QED) is 0.161. The zero-order valence-electron chi connectivity index (χ0n) is 19.8. The SMILES string of the molecule is C=CCOc1ccc(Br)cc1/C=N/c1oc(-c2ccc(OC)cc2)c(-c2ccc(OC)cc2)c1C#N. The molecule has 36 heavy (non-hydrogen) atoms. The van der Waals surface area contributed by atoms with E-state index in [4.69, 9.17) is 18.6 Å². The van der Waals surface area contributed by atoms with Crippen molar-refractivity contribution in [2.24, 2.45) is 4.99 Å². The highest BCUT2D eigenvalue weighted by Crippen LogP contribution is 2.43. The second kappa shape index (κ2) is 11.4. The Kier molecular flexibility index (Phi) is 7.89. The molecule has 0 unspecified atom stereocenters.